The normalized spacial score (nSPS) is 19.6. The van der Waals surface area contributed by atoms with E-state index in [1.54, 1.807) is 42.3 Å². The van der Waals surface area contributed by atoms with Gasteiger partial charge in [0.2, 0.25) is 0 Å². The van der Waals surface area contributed by atoms with E-state index in [1.807, 2.05) is 13.0 Å². The van der Waals surface area contributed by atoms with Crippen molar-refractivity contribution in [1.82, 2.24) is 20.7 Å². The molecule has 0 bridgehead atoms. The number of benzene rings is 2. The minimum absolute atomic E-state index is 0.0589. The van der Waals surface area contributed by atoms with E-state index in [-0.39, 0.29) is 35.6 Å². The Kier molecular flexibility index (Phi) is 7.38. The number of carbonyl (C=O) groups excluding carboxylic acids is 3. The van der Waals surface area contributed by atoms with E-state index in [1.165, 1.54) is 11.0 Å². The Bertz CT molecular complexity index is 1090. The first-order valence-corrected chi connectivity index (χ1v) is 11.9. The van der Waals surface area contributed by atoms with Crippen molar-refractivity contribution < 1.29 is 18.8 Å². The van der Waals surface area contributed by atoms with Gasteiger partial charge in [0.15, 0.2) is 0 Å². The van der Waals surface area contributed by atoms with Gasteiger partial charge in [-0.25, -0.2) is 4.39 Å². The molecule has 2 heterocycles. The molecular weight excluding hydrogens is 435 g/mol. The number of amides is 3. The maximum Gasteiger partial charge on any atom is 0.261 e. The summed E-state index contributed by atoms with van der Waals surface area (Å²) in [5.41, 5.74) is 8.49. The highest BCUT2D eigenvalue weighted by molar-refractivity contribution is 6.22. The van der Waals surface area contributed by atoms with E-state index in [4.69, 9.17) is 0 Å². The topological polar surface area (TPSA) is 81.8 Å². The summed E-state index contributed by atoms with van der Waals surface area (Å²) in [4.78, 5) is 41.0. The van der Waals surface area contributed by atoms with E-state index in [0.29, 0.717) is 29.8 Å². The number of nitrogens with zero attached hydrogens (tertiary/aromatic N) is 2. The molecule has 2 atom stereocenters. The standard InChI is InChI=1S/C26H31FN4O3/c1-3-4-13-31-25(33)21-11-10-18(15-22(21)26(31)34)24(32)30(2)12-6-9-20-16-23(29-28-20)17-7-5-8-19(27)14-17/h5,7-8,10-11,14-15,20,23,28-29H,3-4,6,9,12-13,16H2,1-2H3. The summed E-state index contributed by atoms with van der Waals surface area (Å²) >= 11 is 0. The van der Waals surface area contributed by atoms with Gasteiger partial charge in [-0.2, -0.15) is 0 Å². The molecule has 1 saturated heterocycles. The fourth-order valence-corrected chi connectivity index (χ4v) is 4.59. The molecule has 0 aromatic heterocycles. The summed E-state index contributed by atoms with van der Waals surface area (Å²) < 4.78 is 13.5. The van der Waals surface area contributed by atoms with Gasteiger partial charge in [-0.15, -0.1) is 0 Å². The van der Waals surface area contributed by atoms with Crippen LogP contribution in [0.5, 0.6) is 0 Å². The van der Waals surface area contributed by atoms with E-state index >= 15 is 0 Å². The second-order valence-electron chi connectivity index (χ2n) is 9.07. The number of carbonyl (C=O) groups is 3. The molecule has 2 aliphatic rings. The molecule has 2 aromatic rings. The summed E-state index contributed by atoms with van der Waals surface area (Å²) in [5, 5.41) is 0. The Morgan fingerprint density at radius 1 is 1.09 bits per heavy atom. The summed E-state index contributed by atoms with van der Waals surface area (Å²) in [6, 6.07) is 11.7. The Hall–Kier alpha value is -3.10. The van der Waals surface area contributed by atoms with Gasteiger partial charge in [-0.05, 0) is 61.6 Å². The molecule has 2 aromatic carbocycles. The van der Waals surface area contributed by atoms with Crippen LogP contribution in [-0.2, 0) is 0 Å². The number of hydrogen-bond donors (Lipinski definition) is 2. The highest BCUT2D eigenvalue weighted by atomic mass is 19.1. The van der Waals surface area contributed by atoms with Crippen LogP contribution in [0.3, 0.4) is 0 Å². The number of fused-ring (bicyclic) bond motifs is 1. The third-order valence-corrected chi connectivity index (χ3v) is 6.58. The average Bonchev–Trinajstić information content (AvgIpc) is 3.40. The minimum Gasteiger partial charge on any atom is -0.342 e. The monoisotopic (exact) mass is 466 g/mol. The van der Waals surface area contributed by atoms with Crippen LogP contribution in [0.4, 0.5) is 4.39 Å². The number of unbranched alkanes of at least 4 members (excludes halogenated alkanes) is 1. The van der Waals surface area contributed by atoms with Crippen LogP contribution in [0, 0.1) is 5.82 Å². The number of nitrogens with one attached hydrogen (secondary N) is 2. The number of halogens is 1. The van der Waals surface area contributed by atoms with E-state index < -0.39 is 0 Å². The predicted molar refractivity (Wildman–Crippen MR) is 127 cm³/mol. The lowest BCUT2D eigenvalue weighted by molar-refractivity contribution is 0.0652. The van der Waals surface area contributed by atoms with Crippen molar-refractivity contribution in [2.45, 2.75) is 51.1 Å². The minimum atomic E-state index is -0.321. The number of hydrazine groups is 1. The molecule has 7 nitrogen and oxygen atoms in total. The smallest absolute Gasteiger partial charge is 0.261 e. The molecule has 0 radical (unpaired) electrons. The highest BCUT2D eigenvalue weighted by Crippen LogP contribution is 2.26. The molecule has 2 unspecified atom stereocenters. The van der Waals surface area contributed by atoms with Gasteiger partial charge < -0.3 is 4.90 Å². The number of hydrogen-bond acceptors (Lipinski definition) is 5. The quantitative estimate of drug-likeness (QED) is 0.551. The van der Waals surface area contributed by atoms with Crippen LogP contribution in [0.1, 0.15) is 81.7 Å². The van der Waals surface area contributed by atoms with Crippen LogP contribution < -0.4 is 10.9 Å². The average molecular weight is 467 g/mol. The lowest BCUT2D eigenvalue weighted by Gasteiger charge is -2.18. The molecule has 34 heavy (non-hydrogen) atoms. The van der Waals surface area contributed by atoms with Gasteiger partial charge in [0.1, 0.15) is 5.82 Å². The van der Waals surface area contributed by atoms with Gasteiger partial charge in [-0.1, -0.05) is 25.5 Å². The van der Waals surface area contributed by atoms with Gasteiger partial charge in [0, 0.05) is 37.8 Å². The van der Waals surface area contributed by atoms with E-state index in [9.17, 15) is 18.8 Å². The van der Waals surface area contributed by atoms with Gasteiger partial charge in [0.05, 0.1) is 11.1 Å². The maximum absolute atomic E-state index is 13.5. The number of imide groups is 1. The Labute approximate surface area is 199 Å². The molecule has 2 aliphatic heterocycles. The zero-order valence-corrected chi connectivity index (χ0v) is 19.6. The maximum atomic E-state index is 13.5. The predicted octanol–water partition coefficient (Wildman–Crippen LogP) is 3.68. The molecule has 0 spiro atoms. The van der Waals surface area contributed by atoms with E-state index in [2.05, 4.69) is 10.9 Å². The molecule has 0 saturated carbocycles. The molecule has 180 valence electrons. The highest BCUT2D eigenvalue weighted by Gasteiger charge is 2.35. The van der Waals surface area contributed by atoms with Crippen molar-refractivity contribution in [3.8, 4) is 0 Å². The molecule has 3 amide bonds. The van der Waals surface area contributed by atoms with Crippen molar-refractivity contribution >= 4 is 17.7 Å². The fraction of sp³-hybridized carbons (Fsp3) is 0.423. The summed E-state index contributed by atoms with van der Waals surface area (Å²) in [6.45, 7) is 2.97. The SMILES string of the molecule is CCCCN1C(=O)c2ccc(C(=O)N(C)CCCC3CC(c4cccc(F)c4)NN3)cc2C1=O. The van der Waals surface area contributed by atoms with Crippen LogP contribution in [-0.4, -0.2) is 53.7 Å². The van der Waals surface area contributed by atoms with Crippen molar-refractivity contribution in [3.63, 3.8) is 0 Å². The molecular formula is C26H31FN4O3. The van der Waals surface area contributed by atoms with Crippen molar-refractivity contribution in [2.75, 3.05) is 20.1 Å². The number of rotatable bonds is 9. The summed E-state index contributed by atoms with van der Waals surface area (Å²) in [7, 11) is 1.74. The zero-order chi connectivity index (χ0) is 24.2. The largest absolute Gasteiger partial charge is 0.342 e. The third-order valence-electron chi connectivity index (χ3n) is 6.58. The van der Waals surface area contributed by atoms with Crippen LogP contribution >= 0.6 is 0 Å². The first-order valence-electron chi connectivity index (χ1n) is 11.9. The Morgan fingerprint density at radius 3 is 2.65 bits per heavy atom. The lowest BCUT2D eigenvalue weighted by Crippen LogP contribution is -2.32. The molecule has 2 N–H and O–H groups in total. The zero-order valence-electron chi connectivity index (χ0n) is 19.6. The third kappa shape index (κ3) is 5.03. The Balaban J connectivity index is 1.29. The van der Waals surface area contributed by atoms with Crippen molar-refractivity contribution in [3.05, 3.63) is 70.5 Å². The van der Waals surface area contributed by atoms with Gasteiger partial charge in [0.25, 0.3) is 17.7 Å². The summed E-state index contributed by atoms with van der Waals surface area (Å²) in [5.74, 6) is -1.02. The van der Waals surface area contributed by atoms with Crippen LogP contribution in [0.25, 0.3) is 0 Å². The van der Waals surface area contributed by atoms with Crippen molar-refractivity contribution in [1.29, 1.82) is 0 Å². The Morgan fingerprint density at radius 2 is 1.88 bits per heavy atom. The lowest BCUT2D eigenvalue weighted by atomic mass is 9.99. The second kappa shape index (κ2) is 10.4. The molecule has 8 heteroatoms. The molecule has 0 aliphatic carbocycles. The first-order chi connectivity index (χ1) is 16.4. The summed E-state index contributed by atoms with van der Waals surface area (Å²) in [6.07, 6.45) is 4.15. The van der Waals surface area contributed by atoms with Crippen molar-refractivity contribution in [2.24, 2.45) is 0 Å². The van der Waals surface area contributed by atoms with Crippen LogP contribution in [0.2, 0.25) is 0 Å². The van der Waals surface area contributed by atoms with Crippen LogP contribution in [0.15, 0.2) is 42.5 Å². The molecule has 1 fully saturated rings. The van der Waals surface area contributed by atoms with E-state index in [0.717, 1.165) is 37.7 Å². The fourth-order valence-electron chi connectivity index (χ4n) is 4.59. The molecule has 4 rings (SSSR count). The van der Waals surface area contributed by atoms with Gasteiger partial charge in [-0.3, -0.25) is 30.1 Å². The second-order valence-corrected chi connectivity index (χ2v) is 9.07. The first kappa shape index (κ1) is 24.0. The van der Waals surface area contributed by atoms with Gasteiger partial charge >= 0.3 is 0 Å².